The molecule has 0 aliphatic carbocycles. The van der Waals surface area contributed by atoms with Gasteiger partial charge in [-0.3, -0.25) is 4.79 Å². The van der Waals surface area contributed by atoms with Crippen LogP contribution in [0.2, 0.25) is 0 Å². The molecule has 2 aliphatic heterocycles. The van der Waals surface area contributed by atoms with Gasteiger partial charge in [0.25, 0.3) is 0 Å². The van der Waals surface area contributed by atoms with Crippen LogP contribution in [0.25, 0.3) is 0 Å². The predicted molar refractivity (Wildman–Crippen MR) is 82.3 cm³/mol. The average Bonchev–Trinajstić information content (AvgIpc) is 3.20. The van der Waals surface area contributed by atoms with Crippen LogP contribution < -0.4 is 10.1 Å². The van der Waals surface area contributed by atoms with E-state index in [9.17, 15) is 14.7 Å². The average molecular weight is 319 g/mol. The summed E-state index contributed by atoms with van der Waals surface area (Å²) in [5.41, 5.74) is 1.57. The zero-order valence-corrected chi connectivity index (χ0v) is 12.9. The Bertz CT molecular complexity index is 595. The molecule has 1 aromatic rings. The van der Waals surface area contributed by atoms with Crippen LogP contribution in [0.5, 0.6) is 5.75 Å². The van der Waals surface area contributed by atoms with E-state index in [4.69, 9.17) is 9.47 Å². The summed E-state index contributed by atoms with van der Waals surface area (Å²) in [4.78, 5) is 23.6. The van der Waals surface area contributed by atoms with E-state index in [1.165, 1.54) is 0 Å². The molecule has 2 heterocycles. The molecule has 2 atom stereocenters. The van der Waals surface area contributed by atoms with E-state index in [-0.39, 0.29) is 5.91 Å². The highest BCUT2D eigenvalue weighted by atomic mass is 16.5. The van der Waals surface area contributed by atoms with Gasteiger partial charge in [-0.05, 0) is 42.0 Å². The fourth-order valence-electron chi connectivity index (χ4n) is 3.05. The van der Waals surface area contributed by atoms with Crippen LogP contribution in [0.4, 0.5) is 0 Å². The summed E-state index contributed by atoms with van der Waals surface area (Å²) in [6.07, 6.45) is 2.80. The number of hydrogen-bond donors (Lipinski definition) is 2. The molecule has 1 fully saturated rings. The maximum Gasteiger partial charge on any atom is 0.330 e. The third-order valence-corrected chi connectivity index (χ3v) is 4.40. The zero-order chi connectivity index (χ0) is 16.2. The van der Waals surface area contributed by atoms with E-state index < -0.39 is 12.0 Å². The molecule has 2 unspecified atom stereocenters. The fourth-order valence-corrected chi connectivity index (χ4v) is 3.05. The van der Waals surface area contributed by atoms with E-state index in [0.29, 0.717) is 31.1 Å². The first kappa shape index (κ1) is 15.8. The summed E-state index contributed by atoms with van der Waals surface area (Å²) in [5.74, 6) is -0.0888. The smallest absolute Gasteiger partial charge is 0.330 e. The minimum atomic E-state index is -1.05. The summed E-state index contributed by atoms with van der Waals surface area (Å²) in [5, 5.41) is 12.1. The lowest BCUT2D eigenvalue weighted by Gasteiger charge is -2.16. The van der Waals surface area contributed by atoms with Crippen LogP contribution in [0.15, 0.2) is 18.2 Å². The number of benzene rings is 1. The second kappa shape index (κ2) is 7.00. The lowest BCUT2D eigenvalue weighted by molar-refractivity contribution is -0.142. The molecule has 6 nitrogen and oxygen atoms in total. The van der Waals surface area contributed by atoms with Crippen LogP contribution in [-0.2, 0) is 20.7 Å². The Hall–Kier alpha value is -2.08. The number of carboxylic acid groups (broad SMARTS) is 1. The number of fused-ring (bicyclic) bond motifs is 1. The van der Waals surface area contributed by atoms with E-state index in [0.717, 1.165) is 37.2 Å². The number of amides is 1. The lowest BCUT2D eigenvalue weighted by atomic mass is 10.0. The second-order valence-corrected chi connectivity index (χ2v) is 6.07. The molecule has 6 heteroatoms. The molecule has 2 aliphatic rings. The van der Waals surface area contributed by atoms with Crippen molar-refractivity contribution >= 4 is 11.9 Å². The summed E-state index contributed by atoms with van der Waals surface area (Å²) in [6.45, 7) is 2.06. The van der Waals surface area contributed by atoms with Gasteiger partial charge in [0, 0.05) is 26.1 Å². The van der Waals surface area contributed by atoms with Crippen LogP contribution in [0, 0.1) is 5.92 Å². The quantitative estimate of drug-likeness (QED) is 0.833. The number of hydrogen-bond acceptors (Lipinski definition) is 4. The van der Waals surface area contributed by atoms with Crippen molar-refractivity contribution in [3.8, 4) is 5.75 Å². The molecule has 0 saturated carbocycles. The van der Waals surface area contributed by atoms with Gasteiger partial charge in [0.2, 0.25) is 5.91 Å². The predicted octanol–water partition coefficient (Wildman–Crippen LogP) is 1.68. The first-order chi connectivity index (χ1) is 11.1. The minimum absolute atomic E-state index is 0.235. The Labute approximate surface area is 134 Å². The van der Waals surface area contributed by atoms with Gasteiger partial charge in [0.1, 0.15) is 5.75 Å². The summed E-state index contributed by atoms with van der Waals surface area (Å²) >= 11 is 0. The summed E-state index contributed by atoms with van der Waals surface area (Å²) in [6, 6.07) is 4.27. The maximum absolute atomic E-state index is 12.1. The van der Waals surface area contributed by atoms with E-state index in [1.54, 1.807) is 12.1 Å². The second-order valence-electron chi connectivity index (χ2n) is 6.07. The van der Waals surface area contributed by atoms with Crippen LogP contribution in [0.3, 0.4) is 0 Å². The fraction of sp³-hybridized carbons (Fsp3) is 0.529. The molecule has 0 aromatic heterocycles. The molecule has 1 saturated heterocycles. The molecular formula is C17H21NO5. The van der Waals surface area contributed by atoms with E-state index >= 15 is 0 Å². The molecular weight excluding hydrogens is 298 g/mol. The molecule has 3 rings (SSSR count). The van der Waals surface area contributed by atoms with Crippen molar-refractivity contribution in [2.75, 3.05) is 19.8 Å². The largest absolute Gasteiger partial charge is 0.493 e. The Morgan fingerprint density at radius 2 is 2.22 bits per heavy atom. The van der Waals surface area contributed by atoms with Crippen molar-refractivity contribution in [1.29, 1.82) is 0 Å². The standard InChI is InChI=1S/C17H21NO5/c19-15(4-1-11-5-7-22-10-11)18-16(17(20)21)13-2-3-14-12(9-13)6-8-23-14/h2-3,9,11,16H,1,4-8,10H2,(H,18,19)(H,20,21). The van der Waals surface area contributed by atoms with Crippen molar-refractivity contribution in [3.63, 3.8) is 0 Å². The number of nitrogens with one attached hydrogen (secondary N) is 1. The molecule has 1 aromatic carbocycles. The van der Waals surface area contributed by atoms with Gasteiger partial charge in [-0.15, -0.1) is 0 Å². The van der Waals surface area contributed by atoms with Crippen molar-refractivity contribution < 1.29 is 24.2 Å². The number of carbonyl (C=O) groups is 2. The molecule has 1 amide bonds. The summed E-state index contributed by atoms with van der Waals surface area (Å²) < 4.78 is 10.7. The highest BCUT2D eigenvalue weighted by molar-refractivity contribution is 5.84. The lowest BCUT2D eigenvalue weighted by Crippen LogP contribution is -2.33. The number of carbonyl (C=O) groups excluding carboxylic acids is 1. The Balaban J connectivity index is 1.62. The monoisotopic (exact) mass is 319 g/mol. The Kier molecular flexibility index (Phi) is 4.81. The van der Waals surface area contributed by atoms with Crippen molar-refractivity contribution in [2.24, 2.45) is 5.92 Å². The molecule has 124 valence electrons. The molecule has 0 spiro atoms. The van der Waals surface area contributed by atoms with Crippen LogP contribution in [0.1, 0.15) is 36.4 Å². The first-order valence-electron chi connectivity index (χ1n) is 7.99. The maximum atomic E-state index is 12.1. The topological polar surface area (TPSA) is 84.9 Å². The van der Waals surface area contributed by atoms with Crippen LogP contribution >= 0.6 is 0 Å². The van der Waals surface area contributed by atoms with Crippen molar-refractivity contribution in [1.82, 2.24) is 5.32 Å². The van der Waals surface area contributed by atoms with Crippen molar-refractivity contribution in [3.05, 3.63) is 29.3 Å². The number of ether oxygens (including phenoxy) is 2. The molecule has 0 bridgehead atoms. The van der Waals surface area contributed by atoms with Gasteiger partial charge in [0.05, 0.1) is 6.61 Å². The van der Waals surface area contributed by atoms with Gasteiger partial charge in [-0.25, -0.2) is 4.79 Å². The van der Waals surface area contributed by atoms with Gasteiger partial charge in [-0.1, -0.05) is 6.07 Å². The Morgan fingerprint density at radius 3 is 2.96 bits per heavy atom. The van der Waals surface area contributed by atoms with Gasteiger partial charge in [0.15, 0.2) is 6.04 Å². The SMILES string of the molecule is O=C(CCC1CCOC1)NC(C(=O)O)c1ccc2c(c1)CCO2. The van der Waals surface area contributed by atoms with Gasteiger partial charge < -0.3 is 19.9 Å². The van der Waals surface area contributed by atoms with Crippen LogP contribution in [-0.4, -0.2) is 36.8 Å². The normalized spacial score (nSPS) is 20.6. The highest BCUT2D eigenvalue weighted by Crippen LogP contribution is 2.28. The third kappa shape index (κ3) is 3.82. The number of carboxylic acids is 1. The Morgan fingerprint density at radius 1 is 1.35 bits per heavy atom. The number of aliphatic carboxylic acids is 1. The number of rotatable bonds is 6. The molecule has 2 N–H and O–H groups in total. The first-order valence-corrected chi connectivity index (χ1v) is 7.99. The highest BCUT2D eigenvalue weighted by Gasteiger charge is 2.25. The summed E-state index contributed by atoms with van der Waals surface area (Å²) in [7, 11) is 0. The zero-order valence-electron chi connectivity index (χ0n) is 12.9. The van der Waals surface area contributed by atoms with E-state index in [1.807, 2.05) is 6.07 Å². The van der Waals surface area contributed by atoms with Crippen molar-refractivity contribution in [2.45, 2.75) is 31.7 Å². The molecule has 0 radical (unpaired) electrons. The minimum Gasteiger partial charge on any atom is -0.493 e. The van der Waals surface area contributed by atoms with Gasteiger partial charge >= 0.3 is 5.97 Å². The third-order valence-electron chi connectivity index (χ3n) is 4.40. The van der Waals surface area contributed by atoms with E-state index in [2.05, 4.69) is 5.32 Å². The van der Waals surface area contributed by atoms with Gasteiger partial charge in [-0.2, -0.15) is 0 Å². The molecule has 23 heavy (non-hydrogen) atoms.